The molecule has 20 heavy (non-hydrogen) atoms. The summed E-state index contributed by atoms with van der Waals surface area (Å²) in [5.41, 5.74) is 5.36. The molecule has 1 atom stereocenters. The Morgan fingerprint density at radius 3 is 2.45 bits per heavy atom. The number of amides is 1. The Labute approximate surface area is 120 Å². The third-order valence-corrected chi connectivity index (χ3v) is 5.54. The minimum Gasteiger partial charge on any atom is -0.348 e. The molecule has 0 aromatic heterocycles. The van der Waals surface area contributed by atoms with Gasteiger partial charge in [0.2, 0.25) is 5.91 Å². The lowest BCUT2D eigenvalue weighted by Gasteiger charge is -2.23. The van der Waals surface area contributed by atoms with E-state index in [4.69, 9.17) is 5.73 Å². The minimum atomic E-state index is -3.18. The Kier molecular flexibility index (Phi) is 7.03. The van der Waals surface area contributed by atoms with Crippen molar-refractivity contribution in [3.8, 4) is 0 Å². The molecule has 0 aromatic carbocycles. The van der Waals surface area contributed by atoms with Crippen LogP contribution in [-0.4, -0.2) is 46.4 Å². The number of carbonyl (C=O) groups is 2. The van der Waals surface area contributed by atoms with Gasteiger partial charge < -0.3 is 11.1 Å². The Balaban J connectivity index is 2.32. The van der Waals surface area contributed by atoms with Crippen LogP contribution in [0.2, 0.25) is 0 Å². The fourth-order valence-corrected chi connectivity index (χ4v) is 4.53. The molecular formula is C13H26N2O4P+. The fraction of sp³-hybridized carbons (Fsp3) is 0.846. The van der Waals surface area contributed by atoms with Crippen molar-refractivity contribution in [2.45, 2.75) is 45.1 Å². The summed E-state index contributed by atoms with van der Waals surface area (Å²) < 4.78 is 0. The van der Waals surface area contributed by atoms with E-state index in [1.165, 1.54) is 13.3 Å². The van der Waals surface area contributed by atoms with Crippen LogP contribution in [0, 0.1) is 5.92 Å². The van der Waals surface area contributed by atoms with Crippen LogP contribution in [-0.2, 0) is 9.59 Å². The number of Topliss-reactive ketones (excluding diaryl/α,β-unsaturated/α-hetero) is 1. The largest absolute Gasteiger partial charge is 0.348 e. The maximum atomic E-state index is 11.7. The molecule has 1 saturated carbocycles. The molecule has 7 heteroatoms. The summed E-state index contributed by atoms with van der Waals surface area (Å²) in [5, 5.41) is 2.39. The van der Waals surface area contributed by atoms with Gasteiger partial charge in [-0.3, -0.25) is 9.59 Å². The molecule has 1 aliphatic carbocycles. The first kappa shape index (κ1) is 17.5. The number of nitrogens with two attached hydrogens (primary N) is 1. The lowest BCUT2D eigenvalue weighted by molar-refractivity contribution is -0.125. The highest BCUT2D eigenvalue weighted by molar-refractivity contribution is 7.65. The minimum absolute atomic E-state index is 0.187. The van der Waals surface area contributed by atoms with Gasteiger partial charge in [0.25, 0.3) is 7.72 Å². The number of carbonyl (C=O) groups excluding carboxylic acids is 2. The summed E-state index contributed by atoms with van der Waals surface area (Å²) in [4.78, 5) is 42.9. The SMILES string of the molecule is C[C@@H](N)C(=O)NCC(=O)C[P+](O)(O)CC1CCCCC1. The monoisotopic (exact) mass is 305 g/mol. The molecule has 1 fully saturated rings. The van der Waals surface area contributed by atoms with Gasteiger partial charge in [-0.25, -0.2) is 9.79 Å². The zero-order chi connectivity index (χ0) is 15.2. The highest BCUT2D eigenvalue weighted by Crippen LogP contribution is 2.52. The predicted molar refractivity (Wildman–Crippen MR) is 79.3 cm³/mol. The number of nitrogens with one attached hydrogen (secondary N) is 1. The first-order valence-electron chi connectivity index (χ1n) is 7.18. The van der Waals surface area contributed by atoms with Gasteiger partial charge in [-0.15, -0.1) is 0 Å². The van der Waals surface area contributed by atoms with Crippen LogP contribution in [0.25, 0.3) is 0 Å². The maximum absolute atomic E-state index is 11.7. The molecule has 0 heterocycles. The first-order valence-corrected chi connectivity index (χ1v) is 9.24. The van der Waals surface area contributed by atoms with E-state index in [2.05, 4.69) is 5.32 Å². The number of rotatable bonds is 7. The Morgan fingerprint density at radius 1 is 1.30 bits per heavy atom. The van der Waals surface area contributed by atoms with Crippen molar-refractivity contribution >= 4 is 19.4 Å². The smallest absolute Gasteiger partial charge is 0.275 e. The number of ketones is 1. The van der Waals surface area contributed by atoms with E-state index in [1.54, 1.807) is 0 Å². The molecule has 0 radical (unpaired) electrons. The van der Waals surface area contributed by atoms with E-state index in [1.807, 2.05) is 0 Å². The van der Waals surface area contributed by atoms with Gasteiger partial charge in [0, 0.05) is 0 Å². The Hall–Kier alpha value is -0.550. The van der Waals surface area contributed by atoms with Crippen LogP contribution in [0.4, 0.5) is 0 Å². The second-order valence-corrected chi connectivity index (χ2v) is 8.21. The van der Waals surface area contributed by atoms with Crippen molar-refractivity contribution in [2.75, 3.05) is 18.9 Å². The van der Waals surface area contributed by atoms with Crippen molar-refractivity contribution in [3.05, 3.63) is 0 Å². The van der Waals surface area contributed by atoms with Crippen LogP contribution in [0.3, 0.4) is 0 Å². The quantitative estimate of drug-likeness (QED) is 0.510. The standard InChI is InChI=1S/C13H25N2O4P/c1-10(14)13(17)15-7-12(16)9-20(18,19)8-11-5-3-2-4-6-11/h10-11,18-19H,2-9,14H2,1H3/p+1/t10-/m1/s1. The van der Waals surface area contributed by atoms with Crippen molar-refractivity contribution in [3.63, 3.8) is 0 Å². The molecule has 1 rings (SSSR count). The van der Waals surface area contributed by atoms with Gasteiger partial charge in [-0.1, -0.05) is 19.3 Å². The molecule has 0 aliphatic heterocycles. The highest BCUT2D eigenvalue weighted by atomic mass is 31.2. The molecule has 5 N–H and O–H groups in total. The molecule has 1 aliphatic rings. The molecular weight excluding hydrogens is 279 g/mol. The van der Waals surface area contributed by atoms with Crippen LogP contribution in [0.5, 0.6) is 0 Å². The fourth-order valence-electron chi connectivity index (χ4n) is 2.53. The summed E-state index contributed by atoms with van der Waals surface area (Å²) in [7, 11) is -3.18. The predicted octanol–water partition coefficient (Wildman–Crippen LogP) is 0.431. The second kappa shape index (κ2) is 8.03. The van der Waals surface area contributed by atoms with Crippen LogP contribution in [0.15, 0.2) is 0 Å². The van der Waals surface area contributed by atoms with Gasteiger partial charge in [0.15, 0.2) is 11.9 Å². The van der Waals surface area contributed by atoms with E-state index in [-0.39, 0.29) is 18.5 Å². The van der Waals surface area contributed by atoms with Gasteiger partial charge in [-0.2, -0.15) is 0 Å². The average Bonchev–Trinajstić information content (AvgIpc) is 2.35. The highest BCUT2D eigenvalue weighted by Gasteiger charge is 2.39. The van der Waals surface area contributed by atoms with Gasteiger partial charge in [0.1, 0.15) is 6.16 Å². The third kappa shape index (κ3) is 6.75. The molecule has 6 nitrogen and oxygen atoms in total. The van der Waals surface area contributed by atoms with E-state index < -0.39 is 19.7 Å². The molecule has 1 amide bonds. The van der Waals surface area contributed by atoms with Crippen molar-refractivity contribution in [1.82, 2.24) is 5.32 Å². The van der Waals surface area contributed by atoms with Crippen molar-refractivity contribution in [2.24, 2.45) is 11.7 Å². The lowest BCUT2D eigenvalue weighted by atomic mass is 9.91. The maximum Gasteiger partial charge on any atom is 0.275 e. The van der Waals surface area contributed by atoms with Crippen molar-refractivity contribution in [1.29, 1.82) is 0 Å². The third-order valence-electron chi connectivity index (χ3n) is 3.58. The zero-order valence-electron chi connectivity index (χ0n) is 12.0. The average molecular weight is 305 g/mol. The van der Waals surface area contributed by atoms with Crippen LogP contribution >= 0.6 is 7.72 Å². The first-order chi connectivity index (χ1) is 9.30. The van der Waals surface area contributed by atoms with E-state index in [0.717, 1.165) is 25.7 Å². The van der Waals surface area contributed by atoms with Crippen molar-refractivity contribution < 1.29 is 19.4 Å². The normalized spacial score (nSPS) is 18.6. The lowest BCUT2D eigenvalue weighted by Crippen LogP contribution is -2.41. The molecule has 0 unspecified atom stereocenters. The Bertz CT molecular complexity index is 341. The Morgan fingerprint density at radius 2 is 1.90 bits per heavy atom. The molecule has 0 bridgehead atoms. The van der Waals surface area contributed by atoms with Gasteiger partial charge in [0.05, 0.1) is 12.6 Å². The molecule has 0 aromatic rings. The van der Waals surface area contributed by atoms with E-state index in [9.17, 15) is 19.4 Å². The van der Waals surface area contributed by atoms with E-state index in [0.29, 0.717) is 12.1 Å². The second-order valence-electron chi connectivity index (χ2n) is 5.77. The molecule has 116 valence electrons. The molecule has 0 saturated heterocycles. The molecule has 0 spiro atoms. The summed E-state index contributed by atoms with van der Waals surface area (Å²) in [5.74, 6) is -0.447. The summed E-state index contributed by atoms with van der Waals surface area (Å²) >= 11 is 0. The summed E-state index contributed by atoms with van der Waals surface area (Å²) in [6, 6.07) is -0.673. The topological polar surface area (TPSA) is 113 Å². The van der Waals surface area contributed by atoms with Crippen LogP contribution < -0.4 is 11.1 Å². The summed E-state index contributed by atoms with van der Waals surface area (Å²) in [6.07, 6.45) is 5.58. The number of hydrogen-bond donors (Lipinski definition) is 4. The van der Waals surface area contributed by atoms with Crippen LogP contribution in [0.1, 0.15) is 39.0 Å². The van der Waals surface area contributed by atoms with E-state index >= 15 is 0 Å². The zero-order valence-corrected chi connectivity index (χ0v) is 12.9. The van der Waals surface area contributed by atoms with Gasteiger partial charge in [-0.05, 0) is 25.7 Å². The summed E-state index contributed by atoms with van der Waals surface area (Å²) in [6.45, 7) is 1.34. The van der Waals surface area contributed by atoms with Gasteiger partial charge >= 0.3 is 0 Å². The number of hydrogen-bond acceptors (Lipinski definition) is 5.